The Bertz CT molecular complexity index is 1010. The molecule has 4 rings (SSSR count). The molecule has 184 valence electrons. The second kappa shape index (κ2) is 8.98. The van der Waals surface area contributed by atoms with Crippen molar-refractivity contribution in [1.82, 2.24) is 4.90 Å². The zero-order valence-electron chi connectivity index (χ0n) is 19.5. The Kier molecular flexibility index (Phi) is 6.52. The molecule has 3 aliphatic heterocycles. The van der Waals surface area contributed by atoms with Gasteiger partial charge in [0.2, 0.25) is 5.91 Å². The normalized spacial score (nSPS) is 31.6. The van der Waals surface area contributed by atoms with E-state index in [1.165, 1.54) is 9.80 Å². The predicted octanol–water partition coefficient (Wildman–Crippen LogP) is 2.79. The van der Waals surface area contributed by atoms with Crippen molar-refractivity contribution in [3.63, 3.8) is 0 Å². The number of unbranched alkanes of at least 4 members (excludes halogenated alkanes) is 1. The molecule has 3 aliphatic rings. The Morgan fingerprint density at radius 2 is 2.09 bits per heavy atom. The van der Waals surface area contributed by atoms with Gasteiger partial charge in [0.1, 0.15) is 11.6 Å². The number of aryl methyl sites for hydroxylation is 1. The molecule has 9 heteroatoms. The number of carbonyl (C=O) groups is 3. The molecule has 2 N–H and O–H groups in total. The summed E-state index contributed by atoms with van der Waals surface area (Å²) in [5, 5.41) is 19.7. The van der Waals surface area contributed by atoms with Gasteiger partial charge in [0.25, 0.3) is 5.91 Å². The van der Waals surface area contributed by atoms with Crippen LogP contribution in [0.15, 0.2) is 30.9 Å². The van der Waals surface area contributed by atoms with Crippen molar-refractivity contribution in [3.8, 4) is 0 Å². The SMILES string of the molecule is C=CCN(C(=O)C1N(CCCCO)C(=O)[C@@H]2[C@H](C(=O)O)[C@]3(C)CCC12O3)c1c(C)cccc1Cl. The quantitative estimate of drug-likeness (QED) is 0.407. The molecule has 0 saturated carbocycles. The zero-order chi connectivity index (χ0) is 24.8. The van der Waals surface area contributed by atoms with Gasteiger partial charge in [-0.3, -0.25) is 14.4 Å². The number of fused-ring (bicyclic) bond motifs is 1. The third-order valence-corrected chi connectivity index (χ3v) is 7.92. The first-order chi connectivity index (χ1) is 16.1. The first-order valence-electron chi connectivity index (χ1n) is 11.6. The van der Waals surface area contributed by atoms with Crippen molar-refractivity contribution in [2.24, 2.45) is 11.8 Å². The average Bonchev–Trinajstić information content (AvgIpc) is 3.34. The van der Waals surface area contributed by atoms with Crippen LogP contribution >= 0.6 is 11.6 Å². The van der Waals surface area contributed by atoms with Gasteiger partial charge in [0.15, 0.2) is 0 Å². The molecular formula is C25H31ClN2O6. The maximum atomic E-state index is 14.3. The number of anilines is 1. The molecule has 8 nitrogen and oxygen atoms in total. The van der Waals surface area contributed by atoms with E-state index in [4.69, 9.17) is 16.3 Å². The van der Waals surface area contributed by atoms with Gasteiger partial charge in [-0.2, -0.15) is 0 Å². The Morgan fingerprint density at radius 1 is 1.35 bits per heavy atom. The van der Waals surface area contributed by atoms with Crippen LogP contribution < -0.4 is 4.90 Å². The predicted molar refractivity (Wildman–Crippen MR) is 127 cm³/mol. The highest BCUT2D eigenvalue weighted by atomic mass is 35.5. The lowest BCUT2D eigenvalue weighted by Crippen LogP contribution is -2.56. The number of amides is 2. The lowest BCUT2D eigenvalue weighted by atomic mass is 9.66. The molecule has 34 heavy (non-hydrogen) atoms. The first kappa shape index (κ1) is 24.7. The van der Waals surface area contributed by atoms with Crippen LogP contribution in [0.5, 0.6) is 0 Å². The van der Waals surface area contributed by atoms with Gasteiger partial charge in [-0.25, -0.2) is 0 Å². The number of aliphatic hydroxyl groups excluding tert-OH is 1. The van der Waals surface area contributed by atoms with Crippen LogP contribution in [0.3, 0.4) is 0 Å². The van der Waals surface area contributed by atoms with Gasteiger partial charge < -0.3 is 24.7 Å². The topological polar surface area (TPSA) is 107 Å². The van der Waals surface area contributed by atoms with Crippen LogP contribution in [0.1, 0.15) is 38.2 Å². The number of para-hydroxylation sites is 1. The Hall–Kier alpha value is -2.42. The molecular weight excluding hydrogens is 460 g/mol. The molecule has 0 aromatic heterocycles. The van der Waals surface area contributed by atoms with Crippen molar-refractivity contribution < 1.29 is 29.3 Å². The second-order valence-electron chi connectivity index (χ2n) is 9.67. The highest BCUT2D eigenvalue weighted by Gasteiger charge is 2.78. The van der Waals surface area contributed by atoms with Gasteiger partial charge in [-0.1, -0.05) is 29.8 Å². The average molecular weight is 491 g/mol. The summed E-state index contributed by atoms with van der Waals surface area (Å²) in [6.45, 7) is 7.72. The molecule has 0 radical (unpaired) electrons. The summed E-state index contributed by atoms with van der Waals surface area (Å²) in [4.78, 5) is 43.2. The number of aliphatic carboxylic acids is 1. The molecule has 1 spiro atoms. The molecule has 5 atom stereocenters. The molecule has 2 bridgehead atoms. The summed E-state index contributed by atoms with van der Waals surface area (Å²) in [7, 11) is 0. The number of ether oxygens (including phenoxy) is 1. The zero-order valence-corrected chi connectivity index (χ0v) is 20.3. The minimum atomic E-state index is -1.22. The van der Waals surface area contributed by atoms with Crippen LogP contribution in [-0.2, 0) is 19.1 Å². The van der Waals surface area contributed by atoms with Gasteiger partial charge in [-0.15, -0.1) is 6.58 Å². The number of hydrogen-bond donors (Lipinski definition) is 2. The summed E-state index contributed by atoms with van der Waals surface area (Å²) in [5.41, 5.74) is -0.907. The minimum absolute atomic E-state index is 0.0387. The highest BCUT2D eigenvalue weighted by molar-refractivity contribution is 6.34. The van der Waals surface area contributed by atoms with Crippen molar-refractivity contribution in [1.29, 1.82) is 0 Å². The van der Waals surface area contributed by atoms with Crippen molar-refractivity contribution in [2.45, 2.75) is 56.8 Å². The molecule has 2 amide bonds. The first-order valence-corrected chi connectivity index (χ1v) is 12.0. The number of halogens is 1. The largest absolute Gasteiger partial charge is 0.481 e. The fraction of sp³-hybridized carbons (Fsp3) is 0.560. The Balaban J connectivity index is 1.82. The summed E-state index contributed by atoms with van der Waals surface area (Å²) in [6.07, 6.45) is 3.41. The molecule has 3 saturated heterocycles. The Morgan fingerprint density at radius 3 is 2.71 bits per heavy atom. The monoisotopic (exact) mass is 490 g/mol. The summed E-state index contributed by atoms with van der Waals surface area (Å²) >= 11 is 6.51. The molecule has 3 fully saturated rings. The van der Waals surface area contributed by atoms with E-state index in [2.05, 4.69) is 6.58 Å². The maximum Gasteiger partial charge on any atom is 0.310 e. The van der Waals surface area contributed by atoms with E-state index >= 15 is 0 Å². The van der Waals surface area contributed by atoms with Gasteiger partial charge in [0, 0.05) is 19.7 Å². The highest BCUT2D eigenvalue weighted by Crippen LogP contribution is 2.63. The fourth-order valence-corrected chi connectivity index (χ4v) is 6.57. The third-order valence-electron chi connectivity index (χ3n) is 7.62. The summed E-state index contributed by atoms with van der Waals surface area (Å²) < 4.78 is 6.41. The number of hydrogen-bond acceptors (Lipinski definition) is 5. The van der Waals surface area contributed by atoms with Crippen LogP contribution in [-0.4, -0.2) is 69.8 Å². The number of carboxylic acid groups (broad SMARTS) is 1. The van der Waals surface area contributed by atoms with Gasteiger partial charge in [-0.05, 0) is 51.2 Å². The standard InChI is InChI=1S/C25H31ClN2O6/c1-4-12-27(19-15(2)8-7-9-16(19)26)22(31)20-25-11-10-24(3,34-25)18(23(32)33)17(25)21(30)28(20)13-5-6-14-29/h4,7-9,17-18,20,29H,1,5-6,10-14H2,2-3H3,(H,32,33)/t17-,18+,20?,24-,25?/m0/s1. The number of carbonyl (C=O) groups excluding carboxylic acids is 2. The number of aliphatic hydroxyl groups is 1. The number of rotatable bonds is 9. The third kappa shape index (κ3) is 3.54. The van der Waals surface area contributed by atoms with Crippen LogP contribution in [0.2, 0.25) is 5.02 Å². The lowest BCUT2D eigenvalue weighted by molar-refractivity contribution is -0.154. The maximum absolute atomic E-state index is 14.3. The summed E-state index contributed by atoms with van der Waals surface area (Å²) in [5.74, 6) is -3.80. The van der Waals surface area contributed by atoms with E-state index < -0.39 is 35.0 Å². The van der Waals surface area contributed by atoms with E-state index in [-0.39, 0.29) is 31.5 Å². The smallest absolute Gasteiger partial charge is 0.310 e. The van der Waals surface area contributed by atoms with E-state index in [9.17, 15) is 24.6 Å². The van der Waals surface area contributed by atoms with Gasteiger partial charge in [0.05, 0.1) is 28.1 Å². The molecule has 1 aromatic rings. The van der Waals surface area contributed by atoms with Crippen LogP contribution in [0, 0.1) is 18.8 Å². The number of benzene rings is 1. The number of likely N-dealkylation sites (tertiary alicyclic amines) is 1. The molecule has 1 aromatic carbocycles. The Labute approximate surface area is 204 Å². The second-order valence-corrected chi connectivity index (χ2v) is 10.1. The van der Waals surface area contributed by atoms with E-state index in [1.807, 2.05) is 13.0 Å². The minimum Gasteiger partial charge on any atom is -0.481 e. The number of nitrogens with zero attached hydrogens (tertiary/aromatic N) is 2. The molecule has 2 unspecified atom stereocenters. The van der Waals surface area contributed by atoms with E-state index in [0.717, 1.165) is 5.56 Å². The van der Waals surface area contributed by atoms with Crippen molar-refractivity contribution in [2.75, 3.05) is 24.6 Å². The van der Waals surface area contributed by atoms with E-state index in [0.29, 0.717) is 36.4 Å². The van der Waals surface area contributed by atoms with Gasteiger partial charge >= 0.3 is 5.97 Å². The van der Waals surface area contributed by atoms with Crippen LogP contribution in [0.4, 0.5) is 5.69 Å². The fourth-order valence-electron chi connectivity index (χ4n) is 6.25. The molecule has 0 aliphatic carbocycles. The number of carboxylic acids is 1. The van der Waals surface area contributed by atoms with Crippen LogP contribution in [0.25, 0.3) is 0 Å². The van der Waals surface area contributed by atoms with E-state index in [1.54, 1.807) is 25.1 Å². The van der Waals surface area contributed by atoms with Crippen molar-refractivity contribution in [3.05, 3.63) is 41.4 Å². The summed E-state index contributed by atoms with van der Waals surface area (Å²) in [6, 6.07) is 4.35. The lowest BCUT2D eigenvalue weighted by Gasteiger charge is -2.37. The molecule has 3 heterocycles. The van der Waals surface area contributed by atoms with Crippen molar-refractivity contribution >= 4 is 35.1 Å².